The fraction of sp³-hybridized carbons (Fsp3) is 0.632. The van der Waals surface area contributed by atoms with Gasteiger partial charge in [-0.2, -0.15) is 0 Å². The van der Waals surface area contributed by atoms with Crippen molar-refractivity contribution in [1.82, 2.24) is 15.5 Å². The van der Waals surface area contributed by atoms with E-state index in [0.717, 1.165) is 52.1 Å². The van der Waals surface area contributed by atoms with E-state index in [1.54, 1.807) is 0 Å². The normalized spacial score (nSPS) is 23.1. The highest BCUT2D eigenvalue weighted by molar-refractivity contribution is 5.78. The summed E-state index contributed by atoms with van der Waals surface area (Å²) in [5.74, 6) is 1.09. The fourth-order valence-corrected chi connectivity index (χ4v) is 3.65. The number of rotatable bonds is 5. The first-order valence-corrected chi connectivity index (χ1v) is 8.97. The molecule has 4 heteroatoms. The Morgan fingerprint density at radius 2 is 1.96 bits per heavy atom. The number of nitrogens with zero attached hydrogens (tertiary/aromatic N) is 1. The van der Waals surface area contributed by atoms with Gasteiger partial charge in [-0.25, -0.2) is 0 Å². The van der Waals surface area contributed by atoms with Crippen LogP contribution in [0.3, 0.4) is 0 Å². The van der Waals surface area contributed by atoms with Gasteiger partial charge in [0.05, 0.1) is 0 Å². The van der Waals surface area contributed by atoms with Crippen molar-refractivity contribution >= 4 is 5.91 Å². The van der Waals surface area contributed by atoms with E-state index < -0.39 is 0 Å². The molecule has 126 valence electrons. The number of amides is 1. The molecule has 0 aliphatic carbocycles. The summed E-state index contributed by atoms with van der Waals surface area (Å²) in [6.07, 6.45) is 3.16. The van der Waals surface area contributed by atoms with Gasteiger partial charge in [-0.15, -0.1) is 0 Å². The van der Waals surface area contributed by atoms with Gasteiger partial charge in [0.2, 0.25) is 5.91 Å². The molecule has 2 aliphatic heterocycles. The van der Waals surface area contributed by atoms with E-state index in [0.29, 0.717) is 5.92 Å². The van der Waals surface area contributed by atoms with Gasteiger partial charge >= 0.3 is 0 Å². The lowest BCUT2D eigenvalue weighted by atomic mass is 9.97. The van der Waals surface area contributed by atoms with Gasteiger partial charge in [0.25, 0.3) is 0 Å². The molecule has 2 N–H and O–H groups in total. The van der Waals surface area contributed by atoms with E-state index >= 15 is 0 Å². The van der Waals surface area contributed by atoms with E-state index in [1.807, 2.05) is 0 Å². The van der Waals surface area contributed by atoms with Crippen LogP contribution in [0.2, 0.25) is 0 Å². The molecule has 0 saturated carbocycles. The van der Waals surface area contributed by atoms with Crippen LogP contribution in [0.25, 0.3) is 0 Å². The number of aryl methyl sites for hydroxylation is 1. The van der Waals surface area contributed by atoms with Gasteiger partial charge in [-0.1, -0.05) is 29.8 Å². The minimum atomic E-state index is 0.223. The number of nitrogens with one attached hydrogen (secondary N) is 2. The summed E-state index contributed by atoms with van der Waals surface area (Å²) in [5, 5.41) is 6.51. The topological polar surface area (TPSA) is 44.4 Å². The molecule has 1 atom stereocenters. The van der Waals surface area contributed by atoms with Crippen molar-refractivity contribution in [1.29, 1.82) is 0 Å². The Hall–Kier alpha value is -1.39. The molecule has 0 aromatic heterocycles. The van der Waals surface area contributed by atoms with E-state index in [2.05, 4.69) is 46.7 Å². The standard InChI is InChI=1S/C19H29N3O/c1-15-2-4-16(5-3-15)13-22-11-8-17(14-22)12-21-19(23)18-6-9-20-10-7-18/h2-5,17-18,20H,6-14H2,1H3,(H,21,23). The average Bonchev–Trinajstić information content (AvgIpc) is 3.03. The molecular weight excluding hydrogens is 286 g/mol. The van der Waals surface area contributed by atoms with E-state index in [9.17, 15) is 4.79 Å². The lowest BCUT2D eigenvalue weighted by Crippen LogP contribution is -2.40. The first-order chi connectivity index (χ1) is 11.2. The van der Waals surface area contributed by atoms with Crippen molar-refractivity contribution in [3.63, 3.8) is 0 Å². The second-order valence-corrected chi connectivity index (χ2v) is 7.14. The number of hydrogen-bond acceptors (Lipinski definition) is 3. The molecule has 1 aromatic carbocycles. The van der Waals surface area contributed by atoms with Crippen LogP contribution in [0.4, 0.5) is 0 Å². The van der Waals surface area contributed by atoms with Crippen LogP contribution in [0.5, 0.6) is 0 Å². The van der Waals surface area contributed by atoms with Gasteiger partial charge in [0.15, 0.2) is 0 Å². The van der Waals surface area contributed by atoms with Crippen LogP contribution < -0.4 is 10.6 Å². The third-order valence-electron chi connectivity index (χ3n) is 5.17. The SMILES string of the molecule is Cc1ccc(CN2CCC(CNC(=O)C3CCNCC3)C2)cc1. The summed E-state index contributed by atoms with van der Waals surface area (Å²) < 4.78 is 0. The van der Waals surface area contributed by atoms with E-state index in [1.165, 1.54) is 17.5 Å². The molecule has 2 aliphatic rings. The molecule has 1 aromatic rings. The maximum atomic E-state index is 12.2. The smallest absolute Gasteiger partial charge is 0.223 e. The Morgan fingerprint density at radius 3 is 2.70 bits per heavy atom. The van der Waals surface area contributed by atoms with Gasteiger partial charge in [0.1, 0.15) is 0 Å². The van der Waals surface area contributed by atoms with Crippen LogP contribution in [0.1, 0.15) is 30.4 Å². The number of piperidine rings is 1. The summed E-state index contributed by atoms with van der Waals surface area (Å²) in [6.45, 7) is 8.19. The second kappa shape index (κ2) is 7.93. The summed E-state index contributed by atoms with van der Waals surface area (Å²) in [4.78, 5) is 14.7. The minimum absolute atomic E-state index is 0.223. The monoisotopic (exact) mass is 315 g/mol. The Morgan fingerprint density at radius 1 is 1.22 bits per heavy atom. The lowest BCUT2D eigenvalue weighted by Gasteiger charge is -2.22. The Bertz CT molecular complexity index is 508. The van der Waals surface area contributed by atoms with Crippen LogP contribution in [-0.4, -0.2) is 43.5 Å². The van der Waals surface area contributed by atoms with Crippen LogP contribution in [0.15, 0.2) is 24.3 Å². The summed E-state index contributed by atoms with van der Waals surface area (Å²) in [7, 11) is 0. The zero-order valence-electron chi connectivity index (χ0n) is 14.2. The molecule has 1 unspecified atom stereocenters. The average molecular weight is 315 g/mol. The minimum Gasteiger partial charge on any atom is -0.356 e. The van der Waals surface area contributed by atoms with E-state index in [-0.39, 0.29) is 11.8 Å². The Kier molecular flexibility index (Phi) is 5.68. The van der Waals surface area contributed by atoms with Crippen molar-refractivity contribution in [2.24, 2.45) is 11.8 Å². The number of carbonyl (C=O) groups is 1. The molecule has 2 saturated heterocycles. The van der Waals surface area contributed by atoms with Crippen LogP contribution in [0, 0.1) is 18.8 Å². The Labute approximate surface area is 139 Å². The zero-order valence-corrected chi connectivity index (χ0v) is 14.2. The largest absolute Gasteiger partial charge is 0.356 e. The maximum absolute atomic E-state index is 12.2. The van der Waals surface area contributed by atoms with Crippen molar-refractivity contribution in [3.05, 3.63) is 35.4 Å². The van der Waals surface area contributed by atoms with Crippen molar-refractivity contribution in [2.75, 3.05) is 32.7 Å². The predicted octanol–water partition coefficient (Wildman–Crippen LogP) is 1.93. The number of carbonyl (C=O) groups excluding carboxylic acids is 1. The third kappa shape index (κ3) is 4.79. The van der Waals surface area contributed by atoms with Gasteiger partial charge in [0, 0.05) is 25.6 Å². The number of benzene rings is 1. The Balaban J connectivity index is 1.39. The molecule has 1 amide bonds. The molecular formula is C19H29N3O. The van der Waals surface area contributed by atoms with Crippen LogP contribution in [-0.2, 0) is 11.3 Å². The lowest BCUT2D eigenvalue weighted by molar-refractivity contribution is -0.125. The molecule has 23 heavy (non-hydrogen) atoms. The molecule has 0 bridgehead atoms. The third-order valence-corrected chi connectivity index (χ3v) is 5.17. The summed E-state index contributed by atoms with van der Waals surface area (Å²) in [6, 6.07) is 8.81. The zero-order chi connectivity index (χ0) is 16.1. The quantitative estimate of drug-likeness (QED) is 0.873. The van der Waals surface area contributed by atoms with Crippen molar-refractivity contribution in [3.8, 4) is 0 Å². The molecule has 0 spiro atoms. The predicted molar refractivity (Wildman–Crippen MR) is 93.2 cm³/mol. The molecule has 3 rings (SSSR count). The summed E-state index contributed by atoms with van der Waals surface area (Å²) in [5.41, 5.74) is 2.70. The van der Waals surface area contributed by atoms with Crippen molar-refractivity contribution in [2.45, 2.75) is 32.7 Å². The highest BCUT2D eigenvalue weighted by Crippen LogP contribution is 2.19. The van der Waals surface area contributed by atoms with Crippen LogP contribution >= 0.6 is 0 Å². The molecule has 4 nitrogen and oxygen atoms in total. The fourth-order valence-electron chi connectivity index (χ4n) is 3.65. The second-order valence-electron chi connectivity index (χ2n) is 7.14. The number of hydrogen-bond donors (Lipinski definition) is 2. The highest BCUT2D eigenvalue weighted by atomic mass is 16.1. The molecule has 2 fully saturated rings. The first kappa shape index (κ1) is 16.5. The van der Waals surface area contributed by atoms with Crippen molar-refractivity contribution < 1.29 is 4.79 Å². The van der Waals surface area contributed by atoms with Gasteiger partial charge < -0.3 is 10.6 Å². The number of likely N-dealkylation sites (tertiary alicyclic amines) is 1. The first-order valence-electron chi connectivity index (χ1n) is 8.97. The molecule has 2 heterocycles. The summed E-state index contributed by atoms with van der Waals surface area (Å²) >= 11 is 0. The maximum Gasteiger partial charge on any atom is 0.223 e. The van der Waals surface area contributed by atoms with E-state index in [4.69, 9.17) is 0 Å². The highest BCUT2D eigenvalue weighted by Gasteiger charge is 2.25. The van der Waals surface area contributed by atoms with Gasteiger partial charge in [-0.3, -0.25) is 9.69 Å². The molecule has 0 radical (unpaired) electrons. The van der Waals surface area contributed by atoms with Gasteiger partial charge in [-0.05, 0) is 57.3 Å².